The van der Waals surface area contributed by atoms with Crippen LogP contribution >= 0.6 is 0 Å². The number of halogens is 1. The summed E-state index contributed by atoms with van der Waals surface area (Å²) in [6, 6.07) is 0. The van der Waals surface area contributed by atoms with Gasteiger partial charge in [0.15, 0.2) is 0 Å². The molecule has 2 unspecified atom stereocenters. The minimum absolute atomic E-state index is 0.368. The maximum atomic E-state index is 12.6. The van der Waals surface area contributed by atoms with E-state index in [1.807, 2.05) is 6.42 Å². The lowest BCUT2D eigenvalue weighted by Crippen LogP contribution is -1.93. The van der Waals surface area contributed by atoms with Gasteiger partial charge in [-0.1, -0.05) is 0 Å². The van der Waals surface area contributed by atoms with Gasteiger partial charge in [0.1, 0.15) is 5.67 Å². The van der Waals surface area contributed by atoms with Gasteiger partial charge in [0, 0.05) is 6.42 Å². The van der Waals surface area contributed by atoms with Gasteiger partial charge in [-0.25, -0.2) is 4.39 Å². The summed E-state index contributed by atoms with van der Waals surface area (Å²) >= 11 is 0. The molecular weight excluding hydrogens is 91.1 g/mol. The molecule has 1 radical (unpaired) electrons. The van der Waals surface area contributed by atoms with Gasteiger partial charge in [0.25, 0.3) is 0 Å². The summed E-state index contributed by atoms with van der Waals surface area (Å²) in [5, 5.41) is 0. The van der Waals surface area contributed by atoms with E-state index in [9.17, 15) is 4.39 Å². The smallest absolute Gasteiger partial charge is 0.117 e. The Morgan fingerprint density at radius 2 is 2.57 bits per heavy atom. The van der Waals surface area contributed by atoms with Crippen LogP contribution in [-0.2, 0) is 0 Å². The summed E-state index contributed by atoms with van der Waals surface area (Å²) < 4.78 is 12.6. The maximum absolute atomic E-state index is 12.6. The lowest BCUT2D eigenvalue weighted by Gasteiger charge is -1.91. The van der Waals surface area contributed by atoms with Crippen LogP contribution in [0.3, 0.4) is 0 Å². The van der Waals surface area contributed by atoms with E-state index in [-0.39, 0.29) is 0 Å². The first kappa shape index (κ1) is 3.88. The lowest BCUT2D eigenvalue weighted by atomic mass is 10.2. The van der Waals surface area contributed by atoms with Crippen molar-refractivity contribution in [1.29, 1.82) is 0 Å². The van der Waals surface area contributed by atoms with E-state index in [2.05, 4.69) is 0 Å². The van der Waals surface area contributed by atoms with E-state index in [1.54, 1.807) is 0 Å². The van der Waals surface area contributed by atoms with Gasteiger partial charge in [-0.3, -0.25) is 0 Å². The molecule has 0 spiro atoms. The van der Waals surface area contributed by atoms with E-state index in [4.69, 9.17) is 0 Å². The van der Waals surface area contributed by atoms with Crippen LogP contribution in [0, 0.1) is 12.3 Å². The molecule has 0 nitrogen and oxygen atoms in total. The van der Waals surface area contributed by atoms with Crippen molar-refractivity contribution in [2.45, 2.75) is 24.9 Å². The van der Waals surface area contributed by atoms with Crippen molar-refractivity contribution in [2.24, 2.45) is 5.92 Å². The van der Waals surface area contributed by atoms with Gasteiger partial charge in [0.2, 0.25) is 0 Å². The number of hydrogen-bond acceptors (Lipinski definition) is 0. The van der Waals surface area contributed by atoms with Gasteiger partial charge in [-0.15, -0.1) is 0 Å². The van der Waals surface area contributed by atoms with Gasteiger partial charge < -0.3 is 0 Å². The van der Waals surface area contributed by atoms with Crippen molar-refractivity contribution in [3.05, 3.63) is 6.42 Å². The molecule has 2 fully saturated rings. The Bertz CT molecular complexity index is 98.4. The van der Waals surface area contributed by atoms with Gasteiger partial charge in [-0.2, -0.15) is 0 Å². The highest BCUT2D eigenvalue weighted by Gasteiger charge is 2.58. The van der Waals surface area contributed by atoms with Crippen molar-refractivity contribution in [1.82, 2.24) is 0 Å². The standard InChI is InChI=1S/C6H8F/c7-6-3-1-2-5(6)4-6/h4-5H,1-3H2. The first-order valence-electron chi connectivity index (χ1n) is 2.86. The summed E-state index contributed by atoms with van der Waals surface area (Å²) in [7, 11) is 0. The Morgan fingerprint density at radius 1 is 1.71 bits per heavy atom. The highest BCUT2D eigenvalue weighted by atomic mass is 19.1. The normalized spacial score (nSPS) is 57.0. The Hall–Kier alpha value is -0.0700. The average Bonchev–Trinajstić information content (AvgIpc) is 2.09. The third-order valence-corrected chi connectivity index (χ3v) is 2.06. The molecule has 39 valence electrons. The van der Waals surface area contributed by atoms with Gasteiger partial charge in [0.05, 0.1) is 0 Å². The SMILES string of the molecule is FC12[CH]C1CCC2. The summed E-state index contributed by atoms with van der Waals surface area (Å²) in [4.78, 5) is 0. The molecule has 0 aromatic heterocycles. The van der Waals surface area contributed by atoms with Crippen LogP contribution in [0.5, 0.6) is 0 Å². The quantitative estimate of drug-likeness (QED) is 0.433. The molecule has 0 bridgehead atoms. The molecule has 0 heterocycles. The molecule has 2 aliphatic carbocycles. The van der Waals surface area contributed by atoms with Crippen LogP contribution in [0.15, 0.2) is 0 Å². The maximum Gasteiger partial charge on any atom is 0.117 e. The Kier molecular flexibility index (Phi) is 0.477. The molecule has 1 heteroatoms. The minimum atomic E-state index is -0.764. The second-order valence-corrected chi connectivity index (χ2v) is 2.59. The van der Waals surface area contributed by atoms with Crippen LogP contribution in [0.2, 0.25) is 0 Å². The molecule has 0 aromatic carbocycles. The average molecular weight is 99.1 g/mol. The van der Waals surface area contributed by atoms with E-state index < -0.39 is 5.67 Å². The first-order chi connectivity index (χ1) is 3.31. The zero-order valence-electron chi connectivity index (χ0n) is 4.15. The highest BCUT2D eigenvalue weighted by molar-refractivity contribution is 5.23. The molecule has 7 heavy (non-hydrogen) atoms. The van der Waals surface area contributed by atoms with E-state index in [1.165, 1.54) is 0 Å². The van der Waals surface area contributed by atoms with Crippen LogP contribution in [0.4, 0.5) is 4.39 Å². The highest BCUT2D eigenvalue weighted by Crippen LogP contribution is 2.57. The molecule has 2 atom stereocenters. The Balaban J connectivity index is 2.17. The van der Waals surface area contributed by atoms with Crippen LogP contribution in [0.1, 0.15) is 19.3 Å². The van der Waals surface area contributed by atoms with Crippen molar-refractivity contribution < 1.29 is 4.39 Å². The monoisotopic (exact) mass is 99.1 g/mol. The Morgan fingerprint density at radius 3 is 2.71 bits per heavy atom. The molecule has 2 rings (SSSR count). The van der Waals surface area contributed by atoms with E-state index >= 15 is 0 Å². The minimum Gasteiger partial charge on any atom is -0.243 e. The summed E-state index contributed by atoms with van der Waals surface area (Å²) in [6.45, 7) is 0. The van der Waals surface area contributed by atoms with Crippen molar-refractivity contribution >= 4 is 0 Å². The molecule has 0 aliphatic heterocycles. The summed E-state index contributed by atoms with van der Waals surface area (Å²) in [5.74, 6) is 0.368. The van der Waals surface area contributed by atoms with E-state index in [0.29, 0.717) is 5.92 Å². The molecule has 2 aliphatic rings. The first-order valence-corrected chi connectivity index (χ1v) is 2.86. The van der Waals surface area contributed by atoms with Gasteiger partial charge in [-0.05, 0) is 25.2 Å². The molecular formula is C6H8F. The van der Waals surface area contributed by atoms with Crippen LogP contribution < -0.4 is 0 Å². The molecule has 0 amide bonds. The topological polar surface area (TPSA) is 0 Å². The number of rotatable bonds is 0. The number of alkyl halides is 1. The fraction of sp³-hybridized carbons (Fsp3) is 0.833. The van der Waals surface area contributed by atoms with Crippen molar-refractivity contribution in [3.8, 4) is 0 Å². The second kappa shape index (κ2) is 0.862. The summed E-state index contributed by atoms with van der Waals surface area (Å²) in [6.07, 6.45) is 4.85. The predicted molar refractivity (Wildman–Crippen MR) is 25.5 cm³/mol. The molecule has 0 N–H and O–H groups in total. The largest absolute Gasteiger partial charge is 0.243 e. The van der Waals surface area contributed by atoms with E-state index in [0.717, 1.165) is 19.3 Å². The number of fused-ring (bicyclic) bond motifs is 1. The van der Waals surface area contributed by atoms with Crippen molar-refractivity contribution in [2.75, 3.05) is 0 Å². The molecule has 2 saturated carbocycles. The Labute approximate surface area is 42.7 Å². The zero-order valence-corrected chi connectivity index (χ0v) is 4.15. The van der Waals surface area contributed by atoms with Crippen molar-refractivity contribution in [3.63, 3.8) is 0 Å². The third-order valence-electron chi connectivity index (χ3n) is 2.06. The zero-order chi connectivity index (χ0) is 4.91. The third kappa shape index (κ3) is 0.361. The fourth-order valence-electron chi connectivity index (χ4n) is 1.47. The van der Waals surface area contributed by atoms with Crippen LogP contribution in [0.25, 0.3) is 0 Å². The predicted octanol–water partition coefficient (Wildman–Crippen LogP) is 1.71. The van der Waals surface area contributed by atoms with Crippen LogP contribution in [-0.4, -0.2) is 5.67 Å². The summed E-state index contributed by atoms with van der Waals surface area (Å²) in [5.41, 5.74) is -0.764. The lowest BCUT2D eigenvalue weighted by molar-refractivity contribution is 0.310. The fourth-order valence-corrected chi connectivity index (χ4v) is 1.47. The molecule has 0 aromatic rings. The molecule has 0 saturated heterocycles. The number of hydrogen-bond donors (Lipinski definition) is 0. The second-order valence-electron chi connectivity index (χ2n) is 2.59. The van der Waals surface area contributed by atoms with Gasteiger partial charge >= 0.3 is 0 Å².